The van der Waals surface area contributed by atoms with Gasteiger partial charge in [0.05, 0.1) is 0 Å². The molecule has 0 heterocycles. The van der Waals surface area contributed by atoms with Gasteiger partial charge in [0.15, 0.2) is 0 Å². The zero-order valence-corrected chi connectivity index (χ0v) is 5.68. The molecule has 0 aromatic heterocycles. The lowest BCUT2D eigenvalue weighted by atomic mass is 10.6. The average molecular weight is 129 g/mol. The van der Waals surface area contributed by atoms with E-state index in [9.17, 15) is 4.79 Å². The monoisotopic (exact) mass is 129 g/mol. The molecule has 0 aromatic carbocycles. The lowest BCUT2D eigenvalue weighted by Crippen LogP contribution is -2.21. The Bertz CT molecular complexity index is 110. The van der Waals surface area contributed by atoms with Crippen molar-refractivity contribution in [2.45, 2.75) is 6.92 Å². The van der Waals surface area contributed by atoms with Crippen LogP contribution in [0.2, 0.25) is 0 Å². The molecule has 0 fully saturated rings. The van der Waals surface area contributed by atoms with E-state index in [-0.39, 0.29) is 12.5 Å². The van der Waals surface area contributed by atoms with Crippen molar-refractivity contribution in [2.75, 3.05) is 13.7 Å². The molecule has 1 amide bonds. The fraction of sp³-hybridized carbons (Fsp3) is 0.500. The number of allylic oxidation sites excluding steroid dienone is 1. The number of rotatable bonds is 3. The quantitative estimate of drug-likeness (QED) is 0.594. The van der Waals surface area contributed by atoms with Crippen LogP contribution in [-0.4, -0.2) is 19.6 Å². The van der Waals surface area contributed by atoms with Crippen LogP contribution in [0.25, 0.3) is 0 Å². The first-order valence-electron chi connectivity index (χ1n) is 2.70. The summed E-state index contributed by atoms with van der Waals surface area (Å²) in [6.45, 7) is 1.94. The van der Waals surface area contributed by atoms with Crippen LogP contribution >= 0.6 is 0 Å². The zero-order valence-electron chi connectivity index (χ0n) is 5.68. The van der Waals surface area contributed by atoms with E-state index in [4.69, 9.17) is 0 Å². The van der Waals surface area contributed by atoms with Crippen LogP contribution < -0.4 is 5.32 Å². The van der Waals surface area contributed by atoms with Crippen molar-refractivity contribution < 1.29 is 9.53 Å². The number of hydrogen-bond acceptors (Lipinski definition) is 2. The van der Waals surface area contributed by atoms with E-state index in [2.05, 4.69) is 10.1 Å². The van der Waals surface area contributed by atoms with Crippen LogP contribution in [0, 0.1) is 0 Å². The molecule has 0 spiro atoms. The van der Waals surface area contributed by atoms with Crippen molar-refractivity contribution in [3.05, 3.63) is 12.3 Å². The molecule has 0 rings (SSSR count). The summed E-state index contributed by atoms with van der Waals surface area (Å²) in [5.74, 6) is -0.129. The maximum atomic E-state index is 10.5. The molecule has 0 saturated carbocycles. The van der Waals surface area contributed by atoms with Gasteiger partial charge in [0.1, 0.15) is 6.61 Å². The van der Waals surface area contributed by atoms with Crippen LogP contribution in [0.15, 0.2) is 12.3 Å². The van der Waals surface area contributed by atoms with Gasteiger partial charge in [0.25, 0.3) is 0 Å². The first-order chi connectivity index (χ1) is 4.31. The second kappa shape index (κ2) is 5.31. The van der Waals surface area contributed by atoms with Gasteiger partial charge in [0.2, 0.25) is 5.91 Å². The Hall–Kier alpha value is -0.830. The predicted octanol–water partition coefficient (Wildman–Crippen LogP) is 0.283. The molecule has 1 N–H and O–H groups in total. The van der Waals surface area contributed by atoms with E-state index in [0.717, 1.165) is 0 Å². The largest absolute Gasteiger partial charge is 0.375 e. The fourth-order valence-corrected chi connectivity index (χ4v) is 0.349. The molecule has 0 aliphatic carbocycles. The van der Waals surface area contributed by atoms with Gasteiger partial charge in [0, 0.05) is 7.11 Å². The standard InChI is InChI=1S/C6H11NO2/c1-3-4-7-6(8)5-9-2/h3-4H,5H2,1-2H3,(H,7,8)/b4-3-. The summed E-state index contributed by atoms with van der Waals surface area (Å²) < 4.78 is 4.55. The third kappa shape index (κ3) is 5.03. The Morgan fingerprint density at radius 2 is 2.44 bits per heavy atom. The summed E-state index contributed by atoms with van der Waals surface area (Å²) in [6.07, 6.45) is 3.31. The number of methoxy groups -OCH3 is 1. The molecule has 0 aromatic rings. The van der Waals surface area contributed by atoms with E-state index in [1.54, 1.807) is 12.3 Å². The molecule has 0 bridgehead atoms. The maximum Gasteiger partial charge on any atom is 0.249 e. The number of nitrogens with one attached hydrogen (secondary N) is 1. The highest BCUT2D eigenvalue weighted by Gasteiger charge is 1.92. The number of hydrogen-bond donors (Lipinski definition) is 1. The Balaban J connectivity index is 3.27. The Labute approximate surface area is 54.7 Å². The highest BCUT2D eigenvalue weighted by atomic mass is 16.5. The summed E-state index contributed by atoms with van der Waals surface area (Å²) >= 11 is 0. The van der Waals surface area contributed by atoms with Gasteiger partial charge in [-0.15, -0.1) is 0 Å². The van der Waals surface area contributed by atoms with E-state index in [1.165, 1.54) is 7.11 Å². The average Bonchev–Trinajstić information content (AvgIpc) is 1.85. The van der Waals surface area contributed by atoms with Crippen molar-refractivity contribution >= 4 is 5.91 Å². The molecular weight excluding hydrogens is 118 g/mol. The van der Waals surface area contributed by atoms with Crippen LogP contribution in [-0.2, 0) is 9.53 Å². The fourth-order valence-electron chi connectivity index (χ4n) is 0.349. The van der Waals surface area contributed by atoms with E-state index >= 15 is 0 Å². The molecular formula is C6H11NO2. The van der Waals surface area contributed by atoms with Gasteiger partial charge in [-0.1, -0.05) is 6.08 Å². The van der Waals surface area contributed by atoms with Gasteiger partial charge in [-0.05, 0) is 13.1 Å². The Kier molecular flexibility index (Phi) is 4.82. The maximum absolute atomic E-state index is 10.5. The van der Waals surface area contributed by atoms with Gasteiger partial charge >= 0.3 is 0 Å². The van der Waals surface area contributed by atoms with Crippen molar-refractivity contribution in [3.8, 4) is 0 Å². The highest BCUT2D eigenvalue weighted by molar-refractivity contribution is 5.78. The van der Waals surface area contributed by atoms with Crippen molar-refractivity contribution in [3.63, 3.8) is 0 Å². The van der Waals surface area contributed by atoms with E-state index in [1.807, 2.05) is 6.92 Å². The van der Waals surface area contributed by atoms with Crippen LogP contribution in [0.1, 0.15) is 6.92 Å². The van der Waals surface area contributed by atoms with Gasteiger partial charge < -0.3 is 10.1 Å². The van der Waals surface area contributed by atoms with E-state index < -0.39 is 0 Å². The van der Waals surface area contributed by atoms with Gasteiger partial charge in [-0.2, -0.15) is 0 Å². The third-order valence-corrected chi connectivity index (χ3v) is 0.686. The smallest absolute Gasteiger partial charge is 0.249 e. The molecule has 52 valence electrons. The van der Waals surface area contributed by atoms with Crippen LogP contribution in [0.4, 0.5) is 0 Å². The molecule has 0 radical (unpaired) electrons. The minimum Gasteiger partial charge on any atom is -0.375 e. The highest BCUT2D eigenvalue weighted by Crippen LogP contribution is 1.69. The van der Waals surface area contributed by atoms with Crippen molar-refractivity contribution in [1.82, 2.24) is 5.32 Å². The molecule has 0 aliphatic heterocycles. The third-order valence-electron chi connectivity index (χ3n) is 0.686. The Morgan fingerprint density at radius 1 is 1.78 bits per heavy atom. The summed E-state index contributed by atoms with van der Waals surface area (Å²) in [7, 11) is 1.48. The second-order valence-corrected chi connectivity index (χ2v) is 1.50. The summed E-state index contributed by atoms with van der Waals surface area (Å²) in [4.78, 5) is 10.5. The van der Waals surface area contributed by atoms with Crippen LogP contribution in [0.3, 0.4) is 0 Å². The SMILES string of the molecule is C/C=C\NC(=O)COC. The zero-order chi connectivity index (χ0) is 7.11. The van der Waals surface area contributed by atoms with Crippen molar-refractivity contribution in [1.29, 1.82) is 0 Å². The first-order valence-corrected chi connectivity index (χ1v) is 2.70. The lowest BCUT2D eigenvalue weighted by Gasteiger charge is -1.95. The van der Waals surface area contributed by atoms with Gasteiger partial charge in [-0.3, -0.25) is 4.79 Å². The molecule has 0 aliphatic rings. The molecule has 3 nitrogen and oxygen atoms in total. The summed E-state index contributed by atoms with van der Waals surface area (Å²) in [5.41, 5.74) is 0. The summed E-state index contributed by atoms with van der Waals surface area (Å²) in [5, 5.41) is 2.49. The molecule has 0 atom stereocenters. The Morgan fingerprint density at radius 3 is 2.89 bits per heavy atom. The van der Waals surface area contributed by atoms with Gasteiger partial charge in [-0.25, -0.2) is 0 Å². The minimum absolute atomic E-state index is 0.115. The number of amides is 1. The number of carbonyl (C=O) groups excluding carboxylic acids is 1. The normalized spacial score (nSPS) is 10.0. The topological polar surface area (TPSA) is 38.3 Å². The number of carbonyl (C=O) groups is 1. The minimum atomic E-state index is -0.129. The van der Waals surface area contributed by atoms with E-state index in [0.29, 0.717) is 0 Å². The van der Waals surface area contributed by atoms with Crippen LogP contribution in [0.5, 0.6) is 0 Å². The van der Waals surface area contributed by atoms with Crippen molar-refractivity contribution in [2.24, 2.45) is 0 Å². The molecule has 0 unspecified atom stereocenters. The predicted molar refractivity (Wildman–Crippen MR) is 34.8 cm³/mol. The lowest BCUT2D eigenvalue weighted by molar-refractivity contribution is -0.123. The molecule has 9 heavy (non-hydrogen) atoms. The molecule has 0 saturated heterocycles. The molecule has 3 heteroatoms. The number of ether oxygens (including phenoxy) is 1. The first kappa shape index (κ1) is 8.17. The second-order valence-electron chi connectivity index (χ2n) is 1.50. The summed E-state index contributed by atoms with van der Waals surface area (Å²) in [6, 6.07) is 0.